The molecule has 0 aromatic carbocycles. The second-order valence-corrected chi connectivity index (χ2v) is 4.49. The van der Waals surface area contributed by atoms with Gasteiger partial charge in [-0.05, 0) is 0 Å². The number of β-amino-alcohol motifs (C(OH)–C–C–N with tert-alkyl or cyclic N) is 1. The second-order valence-electron chi connectivity index (χ2n) is 4.49. The fourth-order valence-electron chi connectivity index (χ4n) is 2.12. The van der Waals surface area contributed by atoms with Gasteiger partial charge >= 0.3 is 0 Å². The summed E-state index contributed by atoms with van der Waals surface area (Å²) in [5.41, 5.74) is 0.789. The van der Waals surface area contributed by atoms with Crippen LogP contribution in [0.4, 0.5) is 10.1 Å². The average Bonchev–Trinajstić information content (AvgIpc) is 2.39. The first-order valence-corrected chi connectivity index (χ1v) is 6.06. The number of hydrogen-bond donors (Lipinski definition) is 2. The van der Waals surface area contributed by atoms with Gasteiger partial charge in [-0.3, -0.25) is 9.88 Å². The number of aliphatic hydroxyl groups is 2. The Morgan fingerprint density at radius 3 is 2.61 bits per heavy atom. The third kappa shape index (κ3) is 3.38. The van der Waals surface area contributed by atoms with E-state index in [2.05, 4.69) is 14.8 Å². The highest BCUT2D eigenvalue weighted by molar-refractivity contribution is 5.44. The molecule has 1 aliphatic heterocycles. The van der Waals surface area contributed by atoms with Gasteiger partial charge in [0, 0.05) is 38.8 Å². The first-order chi connectivity index (χ1) is 8.69. The molecule has 2 heterocycles. The minimum Gasteiger partial charge on any atom is -0.394 e. The molecule has 1 saturated heterocycles. The van der Waals surface area contributed by atoms with Crippen LogP contribution in [0.1, 0.15) is 0 Å². The molecule has 1 aromatic rings. The molecule has 5 nitrogen and oxygen atoms in total. The maximum absolute atomic E-state index is 13.1. The molecule has 0 bridgehead atoms. The Hall–Kier alpha value is -1.24. The second kappa shape index (κ2) is 6.08. The summed E-state index contributed by atoms with van der Waals surface area (Å²) in [6, 6.07) is 1.48. The Labute approximate surface area is 105 Å². The topological polar surface area (TPSA) is 59.8 Å². The molecule has 0 spiro atoms. The Bertz CT molecular complexity index is 383. The summed E-state index contributed by atoms with van der Waals surface area (Å²) in [4.78, 5) is 7.99. The van der Waals surface area contributed by atoms with Crippen LogP contribution < -0.4 is 4.90 Å². The maximum Gasteiger partial charge on any atom is 0.143 e. The summed E-state index contributed by atoms with van der Waals surface area (Å²) in [5, 5.41) is 18.2. The van der Waals surface area contributed by atoms with Gasteiger partial charge in [-0.2, -0.15) is 0 Å². The van der Waals surface area contributed by atoms with Gasteiger partial charge in [0.15, 0.2) is 0 Å². The summed E-state index contributed by atoms with van der Waals surface area (Å²) in [6.45, 7) is 3.37. The maximum atomic E-state index is 13.1. The van der Waals surface area contributed by atoms with E-state index < -0.39 is 6.10 Å². The Kier molecular flexibility index (Phi) is 4.46. The first-order valence-electron chi connectivity index (χ1n) is 6.06. The number of piperazine rings is 1. The Balaban J connectivity index is 1.87. The van der Waals surface area contributed by atoms with Crippen LogP contribution in [0.15, 0.2) is 18.5 Å². The van der Waals surface area contributed by atoms with Crippen molar-refractivity contribution in [2.75, 3.05) is 44.2 Å². The van der Waals surface area contributed by atoms with Gasteiger partial charge < -0.3 is 15.1 Å². The van der Waals surface area contributed by atoms with Gasteiger partial charge in [0.1, 0.15) is 5.82 Å². The van der Waals surface area contributed by atoms with Crippen LogP contribution in [-0.2, 0) is 0 Å². The SMILES string of the molecule is OC[C@@H](O)CN1CCN(c2cncc(F)c2)CC1. The van der Waals surface area contributed by atoms with Crippen molar-refractivity contribution >= 4 is 5.69 Å². The van der Waals surface area contributed by atoms with E-state index >= 15 is 0 Å². The van der Waals surface area contributed by atoms with E-state index in [1.165, 1.54) is 12.3 Å². The van der Waals surface area contributed by atoms with E-state index in [1.807, 2.05) is 0 Å². The number of rotatable bonds is 4. The summed E-state index contributed by atoms with van der Waals surface area (Å²) in [7, 11) is 0. The highest BCUT2D eigenvalue weighted by atomic mass is 19.1. The quantitative estimate of drug-likeness (QED) is 0.773. The molecule has 0 radical (unpaired) electrons. The van der Waals surface area contributed by atoms with Crippen LogP contribution in [0, 0.1) is 5.82 Å². The van der Waals surface area contributed by atoms with Crippen molar-refractivity contribution in [2.45, 2.75) is 6.10 Å². The van der Waals surface area contributed by atoms with Gasteiger partial charge in [-0.25, -0.2) is 4.39 Å². The number of anilines is 1. The summed E-state index contributed by atoms with van der Waals surface area (Å²) in [5.74, 6) is -0.328. The molecule has 1 aromatic heterocycles. The van der Waals surface area contributed by atoms with Crippen LogP contribution in [-0.4, -0.2) is 65.5 Å². The molecular weight excluding hydrogens is 237 g/mol. The first kappa shape index (κ1) is 13.2. The van der Waals surface area contributed by atoms with Crippen molar-refractivity contribution in [3.8, 4) is 0 Å². The minimum absolute atomic E-state index is 0.214. The molecule has 0 saturated carbocycles. The number of pyridine rings is 1. The van der Waals surface area contributed by atoms with Gasteiger partial charge in [0.2, 0.25) is 0 Å². The number of hydrogen-bond acceptors (Lipinski definition) is 5. The van der Waals surface area contributed by atoms with E-state index in [0.29, 0.717) is 6.54 Å². The molecule has 1 atom stereocenters. The Morgan fingerprint density at radius 1 is 1.28 bits per heavy atom. The van der Waals surface area contributed by atoms with Crippen LogP contribution in [0.5, 0.6) is 0 Å². The largest absolute Gasteiger partial charge is 0.394 e. The average molecular weight is 255 g/mol. The zero-order chi connectivity index (χ0) is 13.0. The van der Waals surface area contributed by atoms with E-state index in [0.717, 1.165) is 31.9 Å². The molecule has 1 fully saturated rings. The molecule has 18 heavy (non-hydrogen) atoms. The lowest BCUT2D eigenvalue weighted by molar-refractivity contribution is 0.0575. The third-order valence-corrected chi connectivity index (χ3v) is 3.11. The summed E-state index contributed by atoms with van der Waals surface area (Å²) >= 11 is 0. The van der Waals surface area contributed by atoms with E-state index in [4.69, 9.17) is 5.11 Å². The third-order valence-electron chi connectivity index (χ3n) is 3.11. The highest BCUT2D eigenvalue weighted by Gasteiger charge is 2.19. The van der Waals surface area contributed by atoms with Gasteiger partial charge in [0.25, 0.3) is 0 Å². The number of aliphatic hydroxyl groups excluding tert-OH is 2. The van der Waals surface area contributed by atoms with Crippen LogP contribution in [0.25, 0.3) is 0 Å². The molecule has 100 valence electrons. The normalized spacial score (nSPS) is 18.9. The fraction of sp³-hybridized carbons (Fsp3) is 0.583. The van der Waals surface area contributed by atoms with E-state index in [9.17, 15) is 9.50 Å². The Morgan fingerprint density at radius 2 is 2.00 bits per heavy atom. The molecular formula is C12H18FN3O2. The van der Waals surface area contributed by atoms with Gasteiger partial charge in [-0.1, -0.05) is 0 Å². The smallest absolute Gasteiger partial charge is 0.143 e. The van der Waals surface area contributed by atoms with Crippen LogP contribution in [0.3, 0.4) is 0 Å². The monoisotopic (exact) mass is 255 g/mol. The van der Waals surface area contributed by atoms with Crippen molar-refractivity contribution in [2.24, 2.45) is 0 Å². The predicted molar refractivity (Wildman–Crippen MR) is 65.9 cm³/mol. The van der Waals surface area contributed by atoms with Gasteiger partial charge in [-0.15, -0.1) is 0 Å². The molecule has 1 aliphatic rings. The lowest BCUT2D eigenvalue weighted by Crippen LogP contribution is -2.49. The van der Waals surface area contributed by atoms with Crippen molar-refractivity contribution in [1.29, 1.82) is 0 Å². The van der Waals surface area contributed by atoms with Crippen molar-refractivity contribution < 1.29 is 14.6 Å². The minimum atomic E-state index is -0.688. The number of nitrogens with zero attached hydrogens (tertiary/aromatic N) is 3. The predicted octanol–water partition coefficient (Wildman–Crippen LogP) is -0.304. The lowest BCUT2D eigenvalue weighted by Gasteiger charge is -2.36. The van der Waals surface area contributed by atoms with Gasteiger partial charge in [0.05, 0.1) is 30.8 Å². The summed E-state index contributed by atoms with van der Waals surface area (Å²) < 4.78 is 13.1. The van der Waals surface area contributed by atoms with Crippen LogP contribution in [0.2, 0.25) is 0 Å². The van der Waals surface area contributed by atoms with E-state index in [1.54, 1.807) is 6.20 Å². The molecule has 0 aliphatic carbocycles. The number of halogens is 1. The highest BCUT2D eigenvalue weighted by Crippen LogP contribution is 2.16. The van der Waals surface area contributed by atoms with Crippen molar-refractivity contribution in [3.63, 3.8) is 0 Å². The van der Waals surface area contributed by atoms with Crippen molar-refractivity contribution in [1.82, 2.24) is 9.88 Å². The molecule has 2 N–H and O–H groups in total. The molecule has 0 amide bonds. The standard InChI is InChI=1S/C12H18FN3O2/c13-10-5-11(7-14-6-10)16-3-1-15(2-4-16)8-12(18)9-17/h5-7,12,17-18H,1-4,8-9H2/t12-/m0/s1. The van der Waals surface area contributed by atoms with Crippen molar-refractivity contribution in [3.05, 3.63) is 24.3 Å². The fourth-order valence-corrected chi connectivity index (χ4v) is 2.12. The van der Waals surface area contributed by atoms with Crippen LogP contribution >= 0.6 is 0 Å². The zero-order valence-corrected chi connectivity index (χ0v) is 10.2. The molecule has 6 heteroatoms. The number of aromatic nitrogens is 1. The lowest BCUT2D eigenvalue weighted by atomic mass is 10.2. The van der Waals surface area contributed by atoms with E-state index in [-0.39, 0.29) is 12.4 Å². The summed E-state index contributed by atoms with van der Waals surface area (Å²) in [6.07, 6.45) is 2.16. The molecule has 0 unspecified atom stereocenters. The molecule has 2 rings (SSSR count). The zero-order valence-electron chi connectivity index (χ0n) is 10.2.